The van der Waals surface area contributed by atoms with Gasteiger partial charge in [-0.15, -0.1) is 8.58 Å². The molecule has 39 heavy (non-hydrogen) atoms. The van der Waals surface area contributed by atoms with Crippen LogP contribution in [0.1, 0.15) is 72.9 Å². The number of nitrogens with two attached hydrogens (primary N) is 2. The van der Waals surface area contributed by atoms with E-state index in [9.17, 15) is 14.7 Å². The van der Waals surface area contributed by atoms with Gasteiger partial charge in [0.15, 0.2) is 0 Å². The van der Waals surface area contributed by atoms with Crippen molar-refractivity contribution in [3.05, 3.63) is 59.2 Å². The van der Waals surface area contributed by atoms with Gasteiger partial charge in [-0.3, -0.25) is 4.79 Å². The summed E-state index contributed by atoms with van der Waals surface area (Å²) in [6.07, 6.45) is 13.4. The molecule has 1 aliphatic rings. The van der Waals surface area contributed by atoms with Crippen molar-refractivity contribution in [3.8, 4) is 11.1 Å². The van der Waals surface area contributed by atoms with Gasteiger partial charge in [-0.1, -0.05) is 62.4 Å². The maximum absolute atomic E-state index is 12.8. The van der Waals surface area contributed by atoms with Gasteiger partial charge in [-0.2, -0.15) is 0 Å². The molecule has 0 aromatic heterocycles. The zero-order valence-corrected chi connectivity index (χ0v) is 24.8. The molecule has 1 aliphatic carbocycles. The minimum atomic E-state index is -1.05. The van der Waals surface area contributed by atoms with E-state index < -0.39 is 17.9 Å². The molecule has 0 bridgehead atoms. The van der Waals surface area contributed by atoms with Gasteiger partial charge in [0.1, 0.15) is 6.04 Å². The van der Waals surface area contributed by atoms with Crippen LogP contribution in [0.15, 0.2) is 42.5 Å². The Hall–Kier alpha value is -2.31. The molecule has 216 valence electrons. The highest BCUT2D eigenvalue weighted by Gasteiger charge is 2.22. The maximum Gasteiger partial charge on any atom is 0.326 e. The standard InChI is InChI=1S/C20H25N3O3.C11H24NP/c1-13-5-3-4-6-15(13)17-11-14(12-21)7-8-16(17)19(24)23-18(20(25)26)9-10-22-2;12-8-4-9-13-10-7-11-5-2-1-3-6-11/h3-8,11,18,22H,9-10,12,21H2,1-2H3,(H,23,24)(H,25,26);11,13H,1-10,12H2. The highest BCUT2D eigenvalue weighted by molar-refractivity contribution is 7.37. The van der Waals surface area contributed by atoms with Crippen molar-refractivity contribution in [3.63, 3.8) is 0 Å². The molecule has 0 saturated heterocycles. The highest BCUT2D eigenvalue weighted by Crippen LogP contribution is 2.29. The molecular weight excluding hydrogens is 507 g/mol. The summed E-state index contributed by atoms with van der Waals surface area (Å²) >= 11 is 0. The second kappa shape index (κ2) is 18.9. The predicted molar refractivity (Wildman–Crippen MR) is 165 cm³/mol. The number of benzene rings is 2. The van der Waals surface area contributed by atoms with Gasteiger partial charge in [-0.05, 0) is 99.0 Å². The minimum absolute atomic E-state index is 0.304. The molecule has 2 aromatic carbocycles. The summed E-state index contributed by atoms with van der Waals surface area (Å²) in [7, 11) is 2.92. The monoisotopic (exact) mass is 556 g/mol. The van der Waals surface area contributed by atoms with Crippen LogP contribution < -0.4 is 22.1 Å². The van der Waals surface area contributed by atoms with Crippen molar-refractivity contribution >= 4 is 20.5 Å². The lowest BCUT2D eigenvalue weighted by molar-refractivity contribution is -0.139. The average Bonchev–Trinajstić information content (AvgIpc) is 2.95. The number of carbonyl (C=O) groups is 2. The summed E-state index contributed by atoms with van der Waals surface area (Å²) in [6.45, 7) is 3.71. The highest BCUT2D eigenvalue weighted by atomic mass is 31.1. The zero-order valence-electron chi connectivity index (χ0n) is 23.8. The van der Waals surface area contributed by atoms with Crippen LogP contribution in [0.25, 0.3) is 11.1 Å². The van der Waals surface area contributed by atoms with E-state index in [-0.39, 0.29) is 0 Å². The van der Waals surface area contributed by atoms with E-state index >= 15 is 0 Å². The molecule has 2 unspecified atom stereocenters. The van der Waals surface area contributed by atoms with Crippen molar-refractivity contribution < 1.29 is 14.7 Å². The van der Waals surface area contributed by atoms with Gasteiger partial charge >= 0.3 is 5.97 Å². The third kappa shape index (κ3) is 11.8. The number of rotatable bonds is 14. The molecule has 0 radical (unpaired) electrons. The van der Waals surface area contributed by atoms with Crippen LogP contribution in [0.2, 0.25) is 0 Å². The summed E-state index contributed by atoms with van der Waals surface area (Å²) in [4.78, 5) is 24.2. The van der Waals surface area contributed by atoms with Crippen LogP contribution in [-0.4, -0.2) is 55.5 Å². The second-order valence-electron chi connectivity index (χ2n) is 10.3. The molecular formula is C31H49N4O3P. The number of carboxylic acids is 1. The molecule has 7 N–H and O–H groups in total. The number of carbonyl (C=O) groups excluding carboxylic acids is 1. The van der Waals surface area contributed by atoms with Crippen molar-refractivity contribution in [1.82, 2.24) is 10.6 Å². The smallest absolute Gasteiger partial charge is 0.326 e. The summed E-state index contributed by atoms with van der Waals surface area (Å²) in [6, 6.07) is 12.2. The number of amides is 1. The number of carboxylic acid groups (broad SMARTS) is 1. The summed E-state index contributed by atoms with van der Waals surface area (Å²) in [5.41, 5.74) is 15.3. The van der Waals surface area contributed by atoms with Crippen LogP contribution >= 0.6 is 8.58 Å². The number of aliphatic carboxylic acids is 1. The third-order valence-corrected chi connectivity index (χ3v) is 8.65. The van der Waals surface area contributed by atoms with E-state index in [1.807, 2.05) is 37.3 Å². The van der Waals surface area contributed by atoms with E-state index in [4.69, 9.17) is 11.5 Å². The summed E-state index contributed by atoms with van der Waals surface area (Å²) < 4.78 is 0. The first-order valence-electron chi connectivity index (χ1n) is 14.4. The van der Waals surface area contributed by atoms with Crippen molar-refractivity contribution in [2.75, 3.05) is 32.5 Å². The molecule has 1 fully saturated rings. The molecule has 0 spiro atoms. The Kier molecular flexibility index (Phi) is 15.9. The lowest BCUT2D eigenvalue weighted by Crippen LogP contribution is -2.42. The summed E-state index contributed by atoms with van der Waals surface area (Å²) in [5.74, 6) is -0.376. The Bertz CT molecular complexity index is 1010. The Morgan fingerprint density at radius 3 is 2.44 bits per heavy atom. The molecule has 8 heteroatoms. The Morgan fingerprint density at radius 2 is 1.79 bits per heavy atom. The van der Waals surface area contributed by atoms with Crippen LogP contribution in [0.4, 0.5) is 0 Å². The number of hydrogen-bond donors (Lipinski definition) is 5. The molecule has 2 atom stereocenters. The lowest BCUT2D eigenvalue weighted by atomic mass is 9.88. The van der Waals surface area contributed by atoms with Gasteiger partial charge < -0.3 is 27.2 Å². The molecule has 2 aromatic rings. The van der Waals surface area contributed by atoms with Gasteiger partial charge in [0.05, 0.1) is 0 Å². The largest absolute Gasteiger partial charge is 0.480 e. The predicted octanol–water partition coefficient (Wildman–Crippen LogP) is 4.90. The SMILES string of the molecule is CNCCC(NC(=O)c1ccc(CN)cc1-c1ccccc1C)C(=O)O.NCCCPCCC1CCCCC1. The number of hydrogen-bond acceptors (Lipinski definition) is 5. The van der Waals surface area contributed by atoms with Crippen molar-refractivity contribution in [2.45, 2.75) is 70.9 Å². The van der Waals surface area contributed by atoms with Crippen LogP contribution in [0, 0.1) is 12.8 Å². The maximum atomic E-state index is 12.8. The van der Waals surface area contributed by atoms with E-state index in [2.05, 4.69) is 10.6 Å². The molecule has 0 heterocycles. The normalized spacial score (nSPS) is 14.6. The first kappa shape index (κ1) is 32.9. The topological polar surface area (TPSA) is 130 Å². The molecule has 3 rings (SSSR count). The van der Waals surface area contributed by atoms with Crippen LogP contribution in [0.5, 0.6) is 0 Å². The third-order valence-electron chi connectivity index (χ3n) is 7.30. The summed E-state index contributed by atoms with van der Waals surface area (Å²) in [5, 5.41) is 14.9. The lowest BCUT2D eigenvalue weighted by Gasteiger charge is -2.21. The fraction of sp³-hybridized carbons (Fsp3) is 0.548. The van der Waals surface area contributed by atoms with Gasteiger partial charge in [0.2, 0.25) is 0 Å². The van der Waals surface area contributed by atoms with Crippen molar-refractivity contribution in [1.29, 1.82) is 0 Å². The molecule has 0 aliphatic heterocycles. The van der Waals surface area contributed by atoms with E-state index in [1.54, 1.807) is 19.2 Å². The quantitative estimate of drug-likeness (QED) is 0.166. The van der Waals surface area contributed by atoms with Crippen LogP contribution in [-0.2, 0) is 11.3 Å². The fourth-order valence-corrected chi connectivity index (χ4v) is 6.25. The Morgan fingerprint density at radius 1 is 1.05 bits per heavy atom. The molecule has 1 amide bonds. The van der Waals surface area contributed by atoms with Crippen LogP contribution in [0.3, 0.4) is 0 Å². The van der Waals surface area contributed by atoms with E-state index in [0.717, 1.165) is 34.7 Å². The first-order valence-corrected chi connectivity index (χ1v) is 15.8. The molecule has 1 saturated carbocycles. The fourth-order valence-electron chi connectivity index (χ4n) is 4.93. The zero-order chi connectivity index (χ0) is 28.5. The van der Waals surface area contributed by atoms with Gasteiger partial charge in [-0.25, -0.2) is 4.79 Å². The minimum Gasteiger partial charge on any atom is -0.480 e. The van der Waals surface area contributed by atoms with Gasteiger partial charge in [0.25, 0.3) is 5.91 Å². The number of nitrogens with one attached hydrogen (secondary N) is 2. The van der Waals surface area contributed by atoms with E-state index in [0.29, 0.717) is 25.1 Å². The second-order valence-corrected chi connectivity index (χ2v) is 11.8. The Balaban J connectivity index is 0.000000344. The van der Waals surface area contributed by atoms with E-state index in [1.165, 1.54) is 65.9 Å². The number of aryl methyl sites for hydroxylation is 1. The molecule has 7 nitrogen and oxygen atoms in total. The Labute approximate surface area is 236 Å². The average molecular weight is 557 g/mol. The van der Waals surface area contributed by atoms with Gasteiger partial charge in [0, 0.05) is 12.1 Å². The van der Waals surface area contributed by atoms with Crippen molar-refractivity contribution in [2.24, 2.45) is 17.4 Å². The first-order chi connectivity index (χ1) is 18.9.